The van der Waals surface area contributed by atoms with Gasteiger partial charge in [-0.1, -0.05) is 158 Å². The first-order valence-corrected chi connectivity index (χ1v) is 20.3. The molecule has 0 saturated heterocycles. The third kappa shape index (κ3) is 3.37. The lowest BCUT2D eigenvalue weighted by Gasteiger charge is -2.30. The van der Waals surface area contributed by atoms with Gasteiger partial charge in [0.25, 0.3) is 0 Å². The van der Waals surface area contributed by atoms with Gasteiger partial charge in [-0.3, -0.25) is 0 Å². The van der Waals surface area contributed by atoms with Gasteiger partial charge in [0.05, 0.1) is 5.41 Å². The monoisotopic (exact) mass is 718 g/mol. The summed E-state index contributed by atoms with van der Waals surface area (Å²) in [5.74, 6) is 0. The van der Waals surface area contributed by atoms with E-state index in [2.05, 4.69) is 184 Å². The average molecular weight is 719 g/mol. The summed E-state index contributed by atoms with van der Waals surface area (Å²) in [5, 5.41) is 8.05. The van der Waals surface area contributed by atoms with E-state index in [-0.39, 0.29) is 0 Å². The lowest BCUT2D eigenvalue weighted by atomic mass is 9.70. The van der Waals surface area contributed by atoms with Crippen molar-refractivity contribution in [3.05, 3.63) is 203 Å². The molecule has 57 heavy (non-hydrogen) atoms. The maximum absolute atomic E-state index is 2.62. The fourth-order valence-corrected chi connectivity index (χ4v) is 12.2. The highest BCUT2D eigenvalue weighted by Gasteiger charge is 2.52. The summed E-state index contributed by atoms with van der Waals surface area (Å²) in [4.78, 5) is 0. The molecule has 262 valence electrons. The topological polar surface area (TPSA) is 0 Å². The van der Waals surface area contributed by atoms with Crippen molar-refractivity contribution in [3.63, 3.8) is 0 Å². The van der Waals surface area contributed by atoms with E-state index in [0.29, 0.717) is 0 Å². The molecular weight excluding hydrogens is 685 g/mol. The summed E-state index contributed by atoms with van der Waals surface area (Å²) in [6.07, 6.45) is 0. The maximum Gasteiger partial charge on any atom is 0.0725 e. The van der Waals surface area contributed by atoms with Crippen molar-refractivity contribution in [1.29, 1.82) is 0 Å². The number of fused-ring (bicyclic) bond motifs is 18. The Labute approximate surface area is 331 Å². The van der Waals surface area contributed by atoms with E-state index in [0.717, 1.165) is 0 Å². The molecule has 0 aromatic heterocycles. The molecular formula is C57H34. The van der Waals surface area contributed by atoms with E-state index in [1.807, 2.05) is 0 Å². The average Bonchev–Trinajstić information content (AvgIpc) is 3.95. The van der Waals surface area contributed by atoms with Crippen LogP contribution >= 0.6 is 0 Å². The zero-order valence-electron chi connectivity index (χ0n) is 31.7. The van der Waals surface area contributed by atoms with Crippen molar-refractivity contribution in [3.8, 4) is 77.9 Å². The molecule has 0 aliphatic heterocycles. The molecule has 0 N–H and O–H groups in total. The molecule has 0 unspecified atom stereocenters. The second-order valence-corrected chi connectivity index (χ2v) is 16.7. The molecule has 0 heterocycles. The van der Waals surface area contributed by atoms with Crippen LogP contribution in [0.2, 0.25) is 0 Å². The van der Waals surface area contributed by atoms with Gasteiger partial charge in [-0.05, 0) is 170 Å². The molecule has 10 aromatic carbocycles. The normalized spacial score (nSPS) is 13.9. The fourth-order valence-electron chi connectivity index (χ4n) is 12.2. The van der Waals surface area contributed by atoms with Crippen molar-refractivity contribution in [2.24, 2.45) is 0 Å². The van der Waals surface area contributed by atoms with Gasteiger partial charge < -0.3 is 0 Å². The van der Waals surface area contributed by atoms with Gasteiger partial charge in [-0.15, -0.1) is 0 Å². The van der Waals surface area contributed by atoms with E-state index >= 15 is 0 Å². The second kappa shape index (κ2) is 10.2. The van der Waals surface area contributed by atoms with Crippen LogP contribution in [-0.2, 0) is 5.41 Å². The van der Waals surface area contributed by atoms with Crippen LogP contribution in [0.15, 0.2) is 170 Å². The molecule has 4 aliphatic carbocycles. The first kappa shape index (κ1) is 30.2. The number of benzene rings is 10. The van der Waals surface area contributed by atoms with Crippen LogP contribution in [0.3, 0.4) is 0 Å². The Hall–Kier alpha value is -7.02. The van der Waals surface area contributed by atoms with Crippen LogP contribution in [-0.4, -0.2) is 0 Å². The molecule has 0 amide bonds. The second-order valence-electron chi connectivity index (χ2n) is 16.7. The summed E-state index contributed by atoms with van der Waals surface area (Å²) in [7, 11) is 0. The van der Waals surface area contributed by atoms with Crippen LogP contribution in [0.25, 0.3) is 110 Å². The molecule has 0 radical (unpaired) electrons. The summed E-state index contributed by atoms with van der Waals surface area (Å²) < 4.78 is 0. The Balaban J connectivity index is 1.14. The molecule has 0 saturated carbocycles. The Bertz CT molecular complexity index is 3490. The van der Waals surface area contributed by atoms with Crippen LogP contribution < -0.4 is 0 Å². The van der Waals surface area contributed by atoms with Crippen LogP contribution in [0, 0.1) is 13.8 Å². The third-order valence-corrected chi connectivity index (χ3v) is 14.2. The highest BCUT2D eigenvalue weighted by molar-refractivity contribution is 6.29. The molecule has 10 aromatic rings. The molecule has 14 rings (SSSR count). The first-order valence-electron chi connectivity index (χ1n) is 20.3. The summed E-state index contributed by atoms with van der Waals surface area (Å²) in [6.45, 7) is 4.62. The van der Waals surface area contributed by atoms with Crippen molar-refractivity contribution < 1.29 is 0 Å². The van der Waals surface area contributed by atoms with Gasteiger partial charge in [0.1, 0.15) is 0 Å². The van der Waals surface area contributed by atoms with Gasteiger partial charge in [-0.25, -0.2) is 0 Å². The van der Waals surface area contributed by atoms with E-state index in [4.69, 9.17) is 0 Å². The Morgan fingerprint density at radius 3 is 1.63 bits per heavy atom. The molecule has 0 bridgehead atoms. The lowest BCUT2D eigenvalue weighted by molar-refractivity contribution is 0.795. The minimum absolute atomic E-state index is 0.399. The standard InChI is InChI=1S/C57H34/c1-31-26-27-42-51(32(2)28-43-35-16-5-6-19-38(35)50(31)54(42)43)56-34-15-4-3-14-33(34)29-44-45-30-49-53(40-21-13-22-41(52(40)45)55(44)56)39-20-9-12-25-48(39)57(49)46-23-10-7-17-36(46)37-18-8-11-24-47(37)57/h3-30H,1-2H3. The largest absolute Gasteiger partial charge is 0.0725 e. The van der Waals surface area contributed by atoms with Crippen molar-refractivity contribution in [2.45, 2.75) is 19.3 Å². The van der Waals surface area contributed by atoms with E-state index in [9.17, 15) is 0 Å². The van der Waals surface area contributed by atoms with Gasteiger partial charge in [0.2, 0.25) is 0 Å². The van der Waals surface area contributed by atoms with Gasteiger partial charge in [0.15, 0.2) is 0 Å². The maximum atomic E-state index is 2.62. The Kier molecular flexibility index (Phi) is 5.43. The van der Waals surface area contributed by atoms with Gasteiger partial charge in [-0.2, -0.15) is 0 Å². The highest BCUT2D eigenvalue weighted by Crippen LogP contribution is 2.66. The predicted molar refractivity (Wildman–Crippen MR) is 239 cm³/mol. The Morgan fingerprint density at radius 2 is 0.860 bits per heavy atom. The van der Waals surface area contributed by atoms with Gasteiger partial charge in [0, 0.05) is 0 Å². The lowest BCUT2D eigenvalue weighted by Crippen LogP contribution is -2.25. The number of aryl methyl sites for hydroxylation is 2. The quantitative estimate of drug-likeness (QED) is 0.159. The van der Waals surface area contributed by atoms with E-state index in [1.165, 1.54) is 144 Å². The number of hydrogen-bond acceptors (Lipinski definition) is 0. The minimum Gasteiger partial charge on any atom is -0.0619 e. The summed E-state index contributed by atoms with van der Waals surface area (Å²) in [5.41, 5.74) is 26.8. The summed E-state index contributed by atoms with van der Waals surface area (Å²) >= 11 is 0. The fraction of sp³-hybridized carbons (Fsp3) is 0.0526. The molecule has 0 atom stereocenters. The van der Waals surface area contributed by atoms with Crippen LogP contribution in [0.4, 0.5) is 0 Å². The molecule has 4 aliphatic rings. The molecule has 0 nitrogen and oxygen atoms in total. The van der Waals surface area contributed by atoms with E-state index < -0.39 is 5.41 Å². The van der Waals surface area contributed by atoms with Crippen molar-refractivity contribution >= 4 is 32.3 Å². The van der Waals surface area contributed by atoms with Gasteiger partial charge >= 0.3 is 0 Å². The summed E-state index contributed by atoms with van der Waals surface area (Å²) in [6, 6.07) is 65.1. The molecule has 0 heteroatoms. The van der Waals surface area contributed by atoms with Crippen molar-refractivity contribution in [1.82, 2.24) is 0 Å². The third-order valence-electron chi connectivity index (χ3n) is 14.2. The zero-order chi connectivity index (χ0) is 37.3. The number of hydrogen-bond donors (Lipinski definition) is 0. The van der Waals surface area contributed by atoms with Crippen LogP contribution in [0.1, 0.15) is 33.4 Å². The smallest absolute Gasteiger partial charge is 0.0619 e. The SMILES string of the molecule is Cc1cc2c3c(c(C)ccc3c1-c1c3c(cc4ccccc14)-c1cc4c(c5cccc-3c15)-c1ccccc1C41c3ccccc3-c3ccccc31)-c1ccccc1-2. The molecule has 1 spiro atoms. The van der Waals surface area contributed by atoms with E-state index in [1.54, 1.807) is 0 Å². The predicted octanol–water partition coefficient (Wildman–Crippen LogP) is 15.1. The molecule has 0 fully saturated rings. The minimum atomic E-state index is -0.399. The highest BCUT2D eigenvalue weighted by atomic mass is 14.5. The number of rotatable bonds is 1. The Morgan fingerprint density at radius 1 is 0.281 bits per heavy atom. The van der Waals surface area contributed by atoms with Crippen molar-refractivity contribution in [2.75, 3.05) is 0 Å². The van der Waals surface area contributed by atoms with Crippen LogP contribution in [0.5, 0.6) is 0 Å². The zero-order valence-corrected chi connectivity index (χ0v) is 31.7. The first-order chi connectivity index (χ1) is 28.1.